The molecule has 27 heavy (non-hydrogen) atoms. The molecule has 0 aliphatic rings. The molecule has 144 valence electrons. The molecule has 0 aliphatic heterocycles. The highest BCUT2D eigenvalue weighted by molar-refractivity contribution is 7.09. The second kappa shape index (κ2) is 8.49. The van der Waals surface area contributed by atoms with Gasteiger partial charge in [-0.05, 0) is 17.5 Å². The summed E-state index contributed by atoms with van der Waals surface area (Å²) in [5.41, 5.74) is -2.17. The monoisotopic (exact) mass is 403 g/mol. The molecule has 12 heteroatoms. The Labute approximate surface area is 154 Å². The van der Waals surface area contributed by atoms with Crippen molar-refractivity contribution in [3.05, 3.63) is 56.3 Å². The smallest absolute Gasteiger partial charge is 0.420 e. The molecule has 8 nitrogen and oxygen atoms in total. The first-order valence-corrected chi connectivity index (χ1v) is 8.13. The van der Waals surface area contributed by atoms with Crippen molar-refractivity contribution in [1.82, 2.24) is 10.6 Å². The fraction of sp³-hybridized carbons (Fsp3) is 0.200. The van der Waals surface area contributed by atoms with Crippen molar-refractivity contribution in [2.45, 2.75) is 12.7 Å². The number of nitrogens with zero attached hydrogens (tertiary/aromatic N) is 1. The molecule has 0 fully saturated rings. The van der Waals surface area contributed by atoms with Gasteiger partial charge in [0.05, 0.1) is 11.5 Å². The number of hydrogen-bond donors (Lipinski definition) is 2. The molecule has 1 heterocycles. The first-order chi connectivity index (χ1) is 12.7. The fourth-order valence-electron chi connectivity index (χ4n) is 1.91. The number of benzene rings is 1. The minimum Gasteiger partial charge on any atom is -0.483 e. The van der Waals surface area contributed by atoms with Gasteiger partial charge in [-0.1, -0.05) is 6.07 Å². The largest absolute Gasteiger partial charge is 0.483 e. The number of ether oxygens (including phenoxy) is 1. The van der Waals surface area contributed by atoms with E-state index in [1.165, 1.54) is 11.3 Å². The first-order valence-electron chi connectivity index (χ1n) is 7.25. The van der Waals surface area contributed by atoms with Crippen molar-refractivity contribution in [2.75, 3.05) is 6.61 Å². The predicted octanol–water partition coefficient (Wildman–Crippen LogP) is 3.08. The molecule has 2 rings (SSSR count). The molecule has 2 N–H and O–H groups in total. The van der Waals surface area contributed by atoms with Crippen LogP contribution < -0.4 is 15.4 Å². The maximum absolute atomic E-state index is 13.0. The van der Waals surface area contributed by atoms with Crippen molar-refractivity contribution in [1.29, 1.82) is 0 Å². The van der Waals surface area contributed by atoms with E-state index >= 15 is 0 Å². The minimum absolute atomic E-state index is 0.179. The highest BCUT2D eigenvalue weighted by Crippen LogP contribution is 2.38. The van der Waals surface area contributed by atoms with Gasteiger partial charge in [0.15, 0.2) is 6.61 Å². The Morgan fingerprint density at radius 2 is 2.00 bits per heavy atom. The zero-order valence-corrected chi connectivity index (χ0v) is 14.2. The summed E-state index contributed by atoms with van der Waals surface area (Å²) in [5.74, 6) is -1.74. The Hall–Kier alpha value is -3.15. The molecule has 0 unspecified atom stereocenters. The number of nitro benzene ring substituents is 1. The SMILES string of the molecule is O=C(COc1ccc([N+](=O)[O-])cc1C(F)(F)F)NC(=O)NCc1cccs1. The summed E-state index contributed by atoms with van der Waals surface area (Å²) >= 11 is 1.39. The van der Waals surface area contributed by atoms with Crippen molar-refractivity contribution in [2.24, 2.45) is 0 Å². The molecule has 0 aliphatic carbocycles. The van der Waals surface area contributed by atoms with E-state index < -0.39 is 46.6 Å². The van der Waals surface area contributed by atoms with Gasteiger partial charge in [0.1, 0.15) is 11.3 Å². The highest BCUT2D eigenvalue weighted by atomic mass is 32.1. The Bertz CT molecular complexity index is 840. The number of carbonyl (C=O) groups excluding carboxylic acids is 2. The van der Waals surface area contributed by atoms with Gasteiger partial charge in [-0.2, -0.15) is 13.2 Å². The molecule has 3 amide bonds. The van der Waals surface area contributed by atoms with Gasteiger partial charge in [-0.15, -0.1) is 11.3 Å². The second-order valence-electron chi connectivity index (χ2n) is 5.03. The molecule has 1 aromatic heterocycles. The Balaban J connectivity index is 1.94. The number of amides is 3. The lowest BCUT2D eigenvalue weighted by Crippen LogP contribution is -2.41. The van der Waals surface area contributed by atoms with Crippen LogP contribution in [0.4, 0.5) is 23.7 Å². The van der Waals surface area contributed by atoms with Crippen molar-refractivity contribution in [3.63, 3.8) is 0 Å². The van der Waals surface area contributed by atoms with Gasteiger partial charge in [-0.25, -0.2) is 4.79 Å². The Kier molecular flexibility index (Phi) is 6.34. The predicted molar refractivity (Wildman–Crippen MR) is 88.3 cm³/mol. The lowest BCUT2D eigenvalue weighted by molar-refractivity contribution is -0.385. The summed E-state index contributed by atoms with van der Waals surface area (Å²) < 4.78 is 43.8. The molecule has 0 spiro atoms. The number of non-ortho nitro benzene ring substituents is 1. The zero-order chi connectivity index (χ0) is 20.0. The standard InChI is InChI=1S/C15H12F3N3O5S/c16-15(17,18)11-6-9(21(24)25)3-4-12(11)26-8-13(22)20-14(23)19-7-10-2-1-5-27-10/h1-6H,7-8H2,(H2,19,20,22,23). The van der Waals surface area contributed by atoms with Crippen molar-refractivity contribution in [3.8, 4) is 5.75 Å². The molecule has 0 radical (unpaired) electrons. The van der Waals surface area contributed by atoms with E-state index in [9.17, 15) is 32.9 Å². The van der Waals surface area contributed by atoms with Crippen LogP contribution in [-0.4, -0.2) is 23.5 Å². The number of halogens is 3. The average molecular weight is 403 g/mol. The van der Waals surface area contributed by atoms with E-state index in [1.54, 1.807) is 17.5 Å². The molecule has 0 saturated carbocycles. The second-order valence-corrected chi connectivity index (χ2v) is 6.07. The van der Waals surface area contributed by atoms with Crippen LogP contribution in [0.25, 0.3) is 0 Å². The number of thiophene rings is 1. The van der Waals surface area contributed by atoms with Crippen LogP contribution in [0.3, 0.4) is 0 Å². The summed E-state index contributed by atoms with van der Waals surface area (Å²) in [6.45, 7) is -0.703. The van der Waals surface area contributed by atoms with Crippen molar-refractivity contribution < 1.29 is 32.4 Å². The number of rotatable bonds is 6. The molecule has 2 aromatic rings. The third kappa shape index (κ3) is 5.95. The van der Waals surface area contributed by atoms with E-state index in [0.29, 0.717) is 6.07 Å². The number of nitro groups is 1. The lowest BCUT2D eigenvalue weighted by Gasteiger charge is -2.13. The van der Waals surface area contributed by atoms with Gasteiger partial charge >= 0.3 is 12.2 Å². The maximum Gasteiger partial charge on any atom is 0.420 e. The summed E-state index contributed by atoms with van der Waals surface area (Å²) in [5, 5.41) is 16.7. The van der Waals surface area contributed by atoms with Gasteiger partial charge in [0.2, 0.25) is 0 Å². The molecule has 0 atom stereocenters. The Morgan fingerprint density at radius 3 is 2.59 bits per heavy atom. The van der Waals surface area contributed by atoms with Crippen LogP contribution >= 0.6 is 11.3 Å². The van der Waals surface area contributed by atoms with Crippen LogP contribution in [0.2, 0.25) is 0 Å². The van der Waals surface area contributed by atoms with Gasteiger partial charge in [0, 0.05) is 17.0 Å². The van der Waals surface area contributed by atoms with Crippen LogP contribution in [0, 0.1) is 10.1 Å². The minimum atomic E-state index is -4.92. The fourth-order valence-corrected chi connectivity index (χ4v) is 2.55. The van der Waals surface area contributed by atoms with E-state index in [1.807, 2.05) is 5.32 Å². The van der Waals surface area contributed by atoms with Crippen LogP contribution in [-0.2, 0) is 17.5 Å². The quantitative estimate of drug-likeness (QED) is 0.569. The highest BCUT2D eigenvalue weighted by Gasteiger charge is 2.36. The third-order valence-electron chi connectivity index (χ3n) is 3.09. The molecule has 0 saturated heterocycles. The normalized spacial score (nSPS) is 10.9. The number of urea groups is 1. The third-order valence-corrected chi connectivity index (χ3v) is 3.97. The number of hydrogen-bond acceptors (Lipinski definition) is 6. The summed E-state index contributed by atoms with van der Waals surface area (Å²) in [4.78, 5) is 33.7. The van der Waals surface area contributed by atoms with Gasteiger partial charge < -0.3 is 10.1 Å². The zero-order valence-electron chi connectivity index (χ0n) is 13.4. The molecule has 0 bridgehead atoms. The number of carbonyl (C=O) groups is 2. The average Bonchev–Trinajstić information content (AvgIpc) is 3.10. The van der Waals surface area contributed by atoms with Crippen LogP contribution in [0.5, 0.6) is 5.75 Å². The van der Waals surface area contributed by atoms with Crippen molar-refractivity contribution >= 4 is 29.0 Å². The van der Waals surface area contributed by atoms with Gasteiger partial charge in [0.25, 0.3) is 11.6 Å². The number of alkyl halides is 3. The number of nitrogens with one attached hydrogen (secondary N) is 2. The molecular formula is C15H12F3N3O5S. The van der Waals surface area contributed by atoms with Crippen LogP contribution in [0.1, 0.15) is 10.4 Å². The summed E-state index contributed by atoms with van der Waals surface area (Å²) in [6.07, 6.45) is -4.92. The van der Waals surface area contributed by atoms with Gasteiger partial charge in [-0.3, -0.25) is 20.2 Å². The lowest BCUT2D eigenvalue weighted by atomic mass is 10.1. The van der Waals surface area contributed by atoms with E-state index in [-0.39, 0.29) is 6.54 Å². The van der Waals surface area contributed by atoms with Crippen LogP contribution in [0.15, 0.2) is 35.7 Å². The van der Waals surface area contributed by atoms with E-state index in [4.69, 9.17) is 4.74 Å². The molecular weight excluding hydrogens is 391 g/mol. The summed E-state index contributed by atoms with van der Waals surface area (Å²) in [7, 11) is 0. The molecule has 1 aromatic carbocycles. The topological polar surface area (TPSA) is 111 Å². The first kappa shape index (κ1) is 20.2. The summed E-state index contributed by atoms with van der Waals surface area (Å²) in [6, 6.07) is 4.57. The van der Waals surface area contributed by atoms with E-state index in [0.717, 1.165) is 17.0 Å². The number of imide groups is 1. The maximum atomic E-state index is 13.0. The van der Waals surface area contributed by atoms with E-state index in [2.05, 4.69) is 5.32 Å². The Morgan fingerprint density at radius 1 is 1.26 bits per heavy atom.